The zero-order valence-electron chi connectivity index (χ0n) is 13.4. The monoisotopic (exact) mass is 330 g/mol. The molecule has 2 aromatic rings. The highest BCUT2D eigenvalue weighted by Gasteiger charge is 2.20. The summed E-state index contributed by atoms with van der Waals surface area (Å²) >= 11 is 1.60. The van der Waals surface area contributed by atoms with Crippen molar-refractivity contribution < 1.29 is 4.79 Å². The number of pyridine rings is 1. The van der Waals surface area contributed by atoms with Gasteiger partial charge < -0.3 is 4.90 Å². The molecular formula is C17H22N4OS. The summed E-state index contributed by atoms with van der Waals surface area (Å²) in [5, 5.41) is 3.01. The highest BCUT2D eigenvalue weighted by molar-refractivity contribution is 7.09. The van der Waals surface area contributed by atoms with Crippen LogP contribution >= 0.6 is 11.3 Å². The second-order valence-electron chi connectivity index (χ2n) is 5.91. The molecule has 0 aliphatic carbocycles. The molecule has 0 atom stereocenters. The Morgan fingerprint density at radius 2 is 2.22 bits per heavy atom. The summed E-state index contributed by atoms with van der Waals surface area (Å²) in [4.78, 5) is 25.4. The fraction of sp³-hybridized carbons (Fsp3) is 0.471. The number of carbonyl (C=O) groups excluding carboxylic acids is 1. The van der Waals surface area contributed by atoms with Crippen LogP contribution in [0.5, 0.6) is 0 Å². The number of hydrogen-bond donors (Lipinski definition) is 0. The molecule has 0 aromatic carbocycles. The summed E-state index contributed by atoms with van der Waals surface area (Å²) in [6, 6.07) is 4.07. The highest BCUT2D eigenvalue weighted by Crippen LogP contribution is 2.12. The van der Waals surface area contributed by atoms with Gasteiger partial charge in [0.25, 0.3) is 0 Å². The van der Waals surface area contributed by atoms with Crippen LogP contribution in [0.25, 0.3) is 0 Å². The van der Waals surface area contributed by atoms with Gasteiger partial charge in [-0.25, -0.2) is 4.98 Å². The molecule has 1 fully saturated rings. The molecule has 5 nitrogen and oxygen atoms in total. The SMILES string of the molecule is Cc1nc(CC(=O)N2CCCN(Cc3cccnc3)CC2)cs1. The van der Waals surface area contributed by atoms with Gasteiger partial charge in [0.15, 0.2) is 0 Å². The molecule has 0 bridgehead atoms. The van der Waals surface area contributed by atoms with Crippen LogP contribution in [0.3, 0.4) is 0 Å². The lowest BCUT2D eigenvalue weighted by Gasteiger charge is -2.21. The molecule has 122 valence electrons. The maximum atomic E-state index is 12.5. The Hall–Kier alpha value is -1.79. The first-order chi connectivity index (χ1) is 11.2. The van der Waals surface area contributed by atoms with E-state index in [-0.39, 0.29) is 5.91 Å². The van der Waals surface area contributed by atoms with Gasteiger partial charge in [0.05, 0.1) is 17.1 Å². The second-order valence-corrected chi connectivity index (χ2v) is 6.97. The maximum absolute atomic E-state index is 12.5. The first kappa shape index (κ1) is 16.1. The number of amides is 1. The van der Waals surface area contributed by atoms with E-state index in [2.05, 4.69) is 20.9 Å². The van der Waals surface area contributed by atoms with Gasteiger partial charge in [0, 0.05) is 50.5 Å². The minimum absolute atomic E-state index is 0.193. The van der Waals surface area contributed by atoms with E-state index in [4.69, 9.17) is 0 Å². The Morgan fingerprint density at radius 3 is 2.96 bits per heavy atom. The molecule has 1 saturated heterocycles. The van der Waals surface area contributed by atoms with Crippen LogP contribution in [0.15, 0.2) is 29.9 Å². The van der Waals surface area contributed by atoms with Crippen molar-refractivity contribution in [2.75, 3.05) is 26.2 Å². The summed E-state index contributed by atoms with van der Waals surface area (Å²) in [5.74, 6) is 0.193. The summed E-state index contributed by atoms with van der Waals surface area (Å²) in [7, 11) is 0. The molecule has 0 N–H and O–H groups in total. The van der Waals surface area contributed by atoms with Crippen LogP contribution in [0.4, 0.5) is 0 Å². The number of rotatable bonds is 4. The Labute approximate surface area is 141 Å². The van der Waals surface area contributed by atoms with Gasteiger partial charge in [0.2, 0.25) is 5.91 Å². The number of aryl methyl sites for hydroxylation is 1. The third-order valence-corrected chi connectivity index (χ3v) is 4.89. The van der Waals surface area contributed by atoms with Crippen LogP contribution in [0.1, 0.15) is 22.7 Å². The molecule has 3 rings (SSSR count). The highest BCUT2D eigenvalue weighted by atomic mass is 32.1. The Kier molecular flexibility index (Phi) is 5.35. The van der Waals surface area contributed by atoms with Crippen molar-refractivity contribution in [3.8, 4) is 0 Å². The topological polar surface area (TPSA) is 49.3 Å². The predicted molar refractivity (Wildman–Crippen MR) is 91.3 cm³/mol. The first-order valence-electron chi connectivity index (χ1n) is 8.01. The molecule has 6 heteroatoms. The quantitative estimate of drug-likeness (QED) is 0.862. The Balaban J connectivity index is 1.52. The number of thiazole rings is 1. The number of aromatic nitrogens is 2. The summed E-state index contributed by atoms with van der Waals surface area (Å²) in [6.45, 7) is 6.45. The minimum atomic E-state index is 0.193. The van der Waals surface area contributed by atoms with E-state index >= 15 is 0 Å². The van der Waals surface area contributed by atoms with Gasteiger partial charge in [-0.1, -0.05) is 6.07 Å². The molecule has 0 unspecified atom stereocenters. The van der Waals surface area contributed by atoms with E-state index in [0.717, 1.165) is 49.8 Å². The number of carbonyl (C=O) groups is 1. The zero-order valence-corrected chi connectivity index (χ0v) is 14.3. The summed E-state index contributed by atoms with van der Waals surface area (Å²) in [5.41, 5.74) is 2.12. The van der Waals surface area contributed by atoms with Crippen LogP contribution in [-0.2, 0) is 17.8 Å². The van der Waals surface area contributed by atoms with Crippen molar-refractivity contribution in [1.29, 1.82) is 0 Å². The molecule has 0 radical (unpaired) electrons. The van der Waals surface area contributed by atoms with Crippen molar-refractivity contribution in [2.24, 2.45) is 0 Å². The van der Waals surface area contributed by atoms with Crippen molar-refractivity contribution in [3.63, 3.8) is 0 Å². The molecule has 0 saturated carbocycles. The smallest absolute Gasteiger partial charge is 0.228 e. The first-order valence-corrected chi connectivity index (χ1v) is 8.89. The van der Waals surface area contributed by atoms with Gasteiger partial charge in [-0.2, -0.15) is 0 Å². The normalized spacial score (nSPS) is 16.3. The molecule has 1 aliphatic rings. The van der Waals surface area contributed by atoms with Crippen molar-refractivity contribution >= 4 is 17.2 Å². The fourth-order valence-electron chi connectivity index (χ4n) is 2.88. The number of nitrogens with zero attached hydrogens (tertiary/aromatic N) is 4. The van der Waals surface area contributed by atoms with Crippen molar-refractivity contribution in [2.45, 2.75) is 26.3 Å². The largest absolute Gasteiger partial charge is 0.341 e. The van der Waals surface area contributed by atoms with E-state index < -0.39 is 0 Å². The van der Waals surface area contributed by atoms with Gasteiger partial charge in [-0.3, -0.25) is 14.7 Å². The van der Waals surface area contributed by atoms with E-state index in [1.54, 1.807) is 17.5 Å². The molecule has 0 spiro atoms. The van der Waals surface area contributed by atoms with Crippen LogP contribution in [0.2, 0.25) is 0 Å². The lowest BCUT2D eigenvalue weighted by Crippen LogP contribution is -2.36. The van der Waals surface area contributed by atoms with Crippen molar-refractivity contribution in [1.82, 2.24) is 19.8 Å². The van der Waals surface area contributed by atoms with Gasteiger partial charge >= 0.3 is 0 Å². The molecule has 2 aromatic heterocycles. The number of hydrogen-bond acceptors (Lipinski definition) is 5. The summed E-state index contributed by atoms with van der Waals surface area (Å²) < 4.78 is 0. The van der Waals surface area contributed by atoms with Gasteiger partial charge in [0.1, 0.15) is 0 Å². The molecule has 3 heterocycles. The Bertz CT molecular complexity index is 643. The molecule has 1 amide bonds. The van der Waals surface area contributed by atoms with E-state index in [0.29, 0.717) is 6.42 Å². The second kappa shape index (κ2) is 7.66. The van der Waals surface area contributed by atoms with Crippen molar-refractivity contribution in [3.05, 3.63) is 46.2 Å². The van der Waals surface area contributed by atoms with Crippen LogP contribution in [-0.4, -0.2) is 51.9 Å². The fourth-order valence-corrected chi connectivity index (χ4v) is 3.50. The van der Waals surface area contributed by atoms with Crippen LogP contribution in [0, 0.1) is 6.92 Å². The predicted octanol–water partition coefficient (Wildman–Crippen LogP) is 2.12. The standard InChI is InChI=1S/C17H22N4OS/c1-14-19-16(13-23-14)10-17(22)21-7-3-6-20(8-9-21)12-15-4-2-5-18-11-15/h2,4-5,11,13H,3,6-10,12H2,1H3. The lowest BCUT2D eigenvalue weighted by molar-refractivity contribution is -0.130. The summed E-state index contributed by atoms with van der Waals surface area (Å²) in [6.07, 6.45) is 5.15. The third-order valence-electron chi connectivity index (χ3n) is 4.07. The average molecular weight is 330 g/mol. The maximum Gasteiger partial charge on any atom is 0.228 e. The minimum Gasteiger partial charge on any atom is -0.341 e. The molecule has 23 heavy (non-hydrogen) atoms. The molecule has 1 aliphatic heterocycles. The molecular weight excluding hydrogens is 308 g/mol. The third kappa shape index (κ3) is 4.59. The van der Waals surface area contributed by atoms with E-state index in [9.17, 15) is 4.79 Å². The van der Waals surface area contributed by atoms with Gasteiger partial charge in [-0.05, 0) is 25.0 Å². The zero-order chi connectivity index (χ0) is 16.1. The van der Waals surface area contributed by atoms with Crippen LogP contribution < -0.4 is 0 Å². The van der Waals surface area contributed by atoms with E-state index in [1.807, 2.05) is 29.5 Å². The lowest BCUT2D eigenvalue weighted by atomic mass is 10.2. The Morgan fingerprint density at radius 1 is 1.30 bits per heavy atom. The van der Waals surface area contributed by atoms with Gasteiger partial charge in [-0.15, -0.1) is 11.3 Å². The van der Waals surface area contributed by atoms with E-state index in [1.165, 1.54) is 5.56 Å². The average Bonchev–Trinajstić information content (AvgIpc) is 2.82.